The number of hydrogen-bond acceptors (Lipinski definition) is 5. The second-order valence-electron chi connectivity index (χ2n) is 7.33. The van der Waals surface area contributed by atoms with Crippen molar-refractivity contribution in [3.8, 4) is 5.75 Å². The van der Waals surface area contributed by atoms with E-state index in [0.29, 0.717) is 19.2 Å². The van der Waals surface area contributed by atoms with Gasteiger partial charge in [-0.1, -0.05) is 18.2 Å². The third-order valence-corrected chi connectivity index (χ3v) is 5.03. The van der Waals surface area contributed by atoms with Crippen LogP contribution in [0, 0.1) is 0 Å². The molecular formula is C23H33N5O2. The maximum Gasteiger partial charge on any atom is 0.191 e. The Bertz CT molecular complexity index is 761. The zero-order valence-corrected chi connectivity index (χ0v) is 18.0. The maximum absolute atomic E-state index is 5.80. The molecule has 7 nitrogen and oxygen atoms in total. The summed E-state index contributed by atoms with van der Waals surface area (Å²) >= 11 is 0. The van der Waals surface area contributed by atoms with Crippen LogP contribution in [-0.4, -0.2) is 61.3 Å². The molecule has 1 aliphatic rings. The van der Waals surface area contributed by atoms with Crippen LogP contribution in [0.15, 0.2) is 53.7 Å². The fraction of sp³-hybridized carbons (Fsp3) is 0.478. The molecule has 1 unspecified atom stereocenters. The number of pyridine rings is 1. The number of morpholine rings is 1. The minimum Gasteiger partial charge on any atom is -0.487 e. The molecule has 1 aliphatic heterocycles. The highest BCUT2D eigenvalue weighted by molar-refractivity contribution is 5.79. The lowest BCUT2D eigenvalue weighted by molar-refractivity contribution is 0.0211. The smallest absolute Gasteiger partial charge is 0.191 e. The van der Waals surface area contributed by atoms with Crippen LogP contribution in [0.3, 0.4) is 0 Å². The van der Waals surface area contributed by atoms with E-state index >= 15 is 0 Å². The molecule has 1 fully saturated rings. The van der Waals surface area contributed by atoms with Crippen molar-refractivity contribution in [2.45, 2.75) is 33.0 Å². The summed E-state index contributed by atoms with van der Waals surface area (Å²) in [6.07, 6.45) is 1.78. The van der Waals surface area contributed by atoms with Crippen LogP contribution in [0.2, 0.25) is 0 Å². The fourth-order valence-electron chi connectivity index (χ4n) is 3.24. The number of nitrogens with zero attached hydrogens (tertiary/aromatic N) is 3. The van der Waals surface area contributed by atoms with E-state index in [4.69, 9.17) is 14.5 Å². The van der Waals surface area contributed by atoms with E-state index in [0.717, 1.165) is 62.4 Å². The Morgan fingerprint density at radius 2 is 1.97 bits per heavy atom. The average molecular weight is 412 g/mol. The van der Waals surface area contributed by atoms with E-state index in [1.165, 1.54) is 0 Å². The van der Waals surface area contributed by atoms with Crippen molar-refractivity contribution in [1.82, 2.24) is 20.5 Å². The van der Waals surface area contributed by atoms with Crippen LogP contribution in [0.1, 0.15) is 25.1 Å². The van der Waals surface area contributed by atoms with E-state index in [9.17, 15) is 0 Å². The molecule has 0 radical (unpaired) electrons. The van der Waals surface area contributed by atoms with Crippen molar-refractivity contribution >= 4 is 5.96 Å². The van der Waals surface area contributed by atoms with Crippen LogP contribution >= 0.6 is 0 Å². The number of rotatable bonds is 9. The predicted molar refractivity (Wildman–Crippen MR) is 120 cm³/mol. The quantitative estimate of drug-likeness (QED) is 0.488. The van der Waals surface area contributed by atoms with E-state index in [1.807, 2.05) is 30.3 Å². The molecule has 0 saturated carbocycles. The molecule has 1 aromatic carbocycles. The molecular weight excluding hydrogens is 378 g/mol. The van der Waals surface area contributed by atoms with Crippen LogP contribution in [0.5, 0.6) is 5.75 Å². The SMILES string of the molecule is CCNC(=NCc1ccc(OCc2ccccn2)cc1)NCC(C)N1CCOCC1. The van der Waals surface area contributed by atoms with Crippen molar-refractivity contribution in [1.29, 1.82) is 0 Å². The number of hydrogen-bond donors (Lipinski definition) is 2. The third kappa shape index (κ3) is 7.31. The normalized spacial score (nSPS) is 16.1. The first-order valence-corrected chi connectivity index (χ1v) is 10.7. The van der Waals surface area contributed by atoms with Crippen molar-refractivity contribution in [2.75, 3.05) is 39.4 Å². The Morgan fingerprint density at radius 3 is 2.67 bits per heavy atom. The number of guanidine groups is 1. The highest BCUT2D eigenvalue weighted by atomic mass is 16.5. The monoisotopic (exact) mass is 411 g/mol. The topological polar surface area (TPSA) is 71.0 Å². The second kappa shape index (κ2) is 12.1. The summed E-state index contributed by atoms with van der Waals surface area (Å²) in [7, 11) is 0. The zero-order valence-electron chi connectivity index (χ0n) is 18.0. The molecule has 3 rings (SSSR count). The molecule has 1 aromatic heterocycles. The lowest BCUT2D eigenvalue weighted by atomic mass is 10.2. The van der Waals surface area contributed by atoms with Gasteiger partial charge in [-0.3, -0.25) is 9.88 Å². The average Bonchev–Trinajstić information content (AvgIpc) is 2.81. The van der Waals surface area contributed by atoms with Gasteiger partial charge in [-0.15, -0.1) is 0 Å². The minimum atomic E-state index is 0.438. The number of benzene rings is 1. The lowest BCUT2D eigenvalue weighted by Crippen LogP contribution is -2.49. The highest BCUT2D eigenvalue weighted by Crippen LogP contribution is 2.14. The summed E-state index contributed by atoms with van der Waals surface area (Å²) in [6, 6.07) is 14.3. The van der Waals surface area contributed by atoms with E-state index in [2.05, 4.69) is 46.5 Å². The Balaban J connectivity index is 1.47. The van der Waals surface area contributed by atoms with Gasteiger partial charge in [0, 0.05) is 38.4 Å². The van der Waals surface area contributed by atoms with Crippen LogP contribution in [0.25, 0.3) is 0 Å². The van der Waals surface area contributed by atoms with Gasteiger partial charge in [0.15, 0.2) is 5.96 Å². The first kappa shape index (κ1) is 22.1. The van der Waals surface area contributed by atoms with Gasteiger partial charge < -0.3 is 20.1 Å². The fourth-order valence-corrected chi connectivity index (χ4v) is 3.24. The van der Waals surface area contributed by atoms with Gasteiger partial charge in [0.1, 0.15) is 12.4 Å². The molecule has 1 saturated heterocycles. The van der Waals surface area contributed by atoms with E-state index in [1.54, 1.807) is 6.20 Å². The highest BCUT2D eigenvalue weighted by Gasteiger charge is 2.16. The maximum atomic E-state index is 5.80. The Morgan fingerprint density at radius 1 is 1.17 bits per heavy atom. The predicted octanol–water partition coefficient (Wildman–Crippen LogP) is 2.44. The summed E-state index contributed by atoms with van der Waals surface area (Å²) in [6.45, 7) is 10.7. The number of aromatic nitrogens is 1. The first-order chi connectivity index (χ1) is 14.7. The van der Waals surface area contributed by atoms with Gasteiger partial charge in [0.2, 0.25) is 0 Å². The lowest BCUT2D eigenvalue weighted by Gasteiger charge is -2.32. The number of ether oxygens (including phenoxy) is 2. The Hall–Kier alpha value is -2.64. The number of nitrogens with one attached hydrogen (secondary N) is 2. The summed E-state index contributed by atoms with van der Waals surface area (Å²) in [5.41, 5.74) is 2.05. The summed E-state index contributed by atoms with van der Waals surface area (Å²) in [5, 5.41) is 6.79. The van der Waals surface area contributed by atoms with Crippen molar-refractivity contribution in [3.63, 3.8) is 0 Å². The Labute approximate surface area is 179 Å². The van der Waals surface area contributed by atoms with Crippen molar-refractivity contribution < 1.29 is 9.47 Å². The van der Waals surface area contributed by atoms with Gasteiger partial charge >= 0.3 is 0 Å². The molecule has 7 heteroatoms. The van der Waals surface area contributed by atoms with Gasteiger partial charge in [-0.2, -0.15) is 0 Å². The third-order valence-electron chi connectivity index (χ3n) is 5.03. The van der Waals surface area contributed by atoms with Crippen molar-refractivity contribution in [2.24, 2.45) is 4.99 Å². The minimum absolute atomic E-state index is 0.438. The molecule has 0 bridgehead atoms. The Kier molecular flexibility index (Phi) is 8.93. The molecule has 30 heavy (non-hydrogen) atoms. The van der Waals surface area contributed by atoms with Gasteiger partial charge in [0.05, 0.1) is 25.5 Å². The van der Waals surface area contributed by atoms with Crippen LogP contribution in [-0.2, 0) is 17.9 Å². The first-order valence-electron chi connectivity index (χ1n) is 10.7. The van der Waals surface area contributed by atoms with Crippen molar-refractivity contribution in [3.05, 3.63) is 59.9 Å². The molecule has 2 heterocycles. The molecule has 0 amide bonds. The summed E-state index contributed by atoms with van der Waals surface area (Å²) in [4.78, 5) is 11.4. The van der Waals surface area contributed by atoms with Gasteiger partial charge in [-0.25, -0.2) is 4.99 Å². The van der Waals surface area contributed by atoms with E-state index in [-0.39, 0.29) is 0 Å². The second-order valence-corrected chi connectivity index (χ2v) is 7.33. The molecule has 0 aliphatic carbocycles. The van der Waals surface area contributed by atoms with Crippen LogP contribution in [0.4, 0.5) is 0 Å². The largest absolute Gasteiger partial charge is 0.487 e. The van der Waals surface area contributed by atoms with Gasteiger partial charge in [0.25, 0.3) is 0 Å². The zero-order chi connectivity index (χ0) is 21.0. The molecule has 2 aromatic rings. The molecule has 1 atom stereocenters. The van der Waals surface area contributed by atoms with E-state index < -0.39 is 0 Å². The molecule has 162 valence electrons. The standard InChI is InChI=1S/C23H33N5O2/c1-3-24-23(26-16-19(2)28-12-14-29-15-13-28)27-17-20-7-9-22(10-8-20)30-18-21-6-4-5-11-25-21/h4-11,19H,3,12-18H2,1-2H3,(H2,24,26,27). The number of aliphatic imine (C=N–C) groups is 1. The summed E-state index contributed by atoms with van der Waals surface area (Å²) in [5.74, 6) is 1.67. The molecule has 0 spiro atoms. The van der Waals surface area contributed by atoms with Crippen LogP contribution < -0.4 is 15.4 Å². The molecule has 2 N–H and O–H groups in total. The van der Waals surface area contributed by atoms with Gasteiger partial charge in [-0.05, 0) is 43.7 Å². The summed E-state index contributed by atoms with van der Waals surface area (Å²) < 4.78 is 11.2.